The van der Waals surface area contributed by atoms with E-state index in [0.717, 1.165) is 6.42 Å². The van der Waals surface area contributed by atoms with Gasteiger partial charge in [0.2, 0.25) is 0 Å². The summed E-state index contributed by atoms with van der Waals surface area (Å²) >= 11 is 0. The molecule has 27 heavy (non-hydrogen) atoms. The average Bonchev–Trinajstić information content (AvgIpc) is 2.64. The van der Waals surface area contributed by atoms with Gasteiger partial charge in [0.05, 0.1) is 5.60 Å². The third-order valence-electron chi connectivity index (χ3n) is 4.55. The van der Waals surface area contributed by atoms with Gasteiger partial charge in [-0.25, -0.2) is 0 Å². The highest BCUT2D eigenvalue weighted by atomic mass is 16.5. The molecule has 0 saturated carbocycles. The van der Waals surface area contributed by atoms with Gasteiger partial charge in [-0.2, -0.15) is 0 Å². The van der Waals surface area contributed by atoms with Crippen LogP contribution >= 0.6 is 0 Å². The van der Waals surface area contributed by atoms with E-state index in [0.29, 0.717) is 12.2 Å². The molecule has 0 aromatic heterocycles. The highest BCUT2D eigenvalue weighted by Gasteiger charge is 2.21. The van der Waals surface area contributed by atoms with Crippen LogP contribution in [-0.2, 0) is 16.6 Å². The molecule has 0 fully saturated rings. The number of aliphatic hydroxyl groups is 1. The fourth-order valence-corrected chi connectivity index (χ4v) is 2.69. The zero-order valence-corrected chi connectivity index (χ0v) is 16.8. The van der Waals surface area contributed by atoms with Crippen molar-refractivity contribution in [3.05, 3.63) is 65.7 Å². The van der Waals surface area contributed by atoms with Crippen LogP contribution in [0.15, 0.2) is 54.6 Å². The predicted molar refractivity (Wildman–Crippen MR) is 109 cm³/mol. The topological polar surface area (TPSA) is 58.6 Å². The number of hydrogen-bond donors (Lipinski definition) is 2. The first-order valence-corrected chi connectivity index (χ1v) is 9.42. The van der Waals surface area contributed by atoms with E-state index in [2.05, 4.69) is 26.1 Å². The zero-order chi connectivity index (χ0) is 19.9. The Bertz CT molecular complexity index is 716. The van der Waals surface area contributed by atoms with Gasteiger partial charge in [-0.1, -0.05) is 63.2 Å². The summed E-state index contributed by atoms with van der Waals surface area (Å²) in [6.07, 6.45) is 1.34. The first-order valence-electron chi connectivity index (χ1n) is 9.42. The summed E-state index contributed by atoms with van der Waals surface area (Å²) in [5, 5.41) is 13.2. The van der Waals surface area contributed by atoms with E-state index in [-0.39, 0.29) is 24.5 Å². The molecule has 1 amide bonds. The van der Waals surface area contributed by atoms with Crippen molar-refractivity contribution >= 4 is 5.91 Å². The number of aryl methyl sites for hydroxylation is 1. The molecule has 2 N–H and O–H groups in total. The van der Waals surface area contributed by atoms with E-state index in [1.165, 1.54) is 11.1 Å². The zero-order valence-electron chi connectivity index (χ0n) is 16.8. The Kier molecular flexibility index (Phi) is 7.03. The van der Waals surface area contributed by atoms with Gasteiger partial charge in [0.15, 0.2) is 6.61 Å². The largest absolute Gasteiger partial charge is 0.484 e. The van der Waals surface area contributed by atoms with E-state index in [4.69, 9.17) is 4.74 Å². The molecule has 1 atom stereocenters. The monoisotopic (exact) mass is 369 g/mol. The number of rotatable bonds is 8. The highest BCUT2D eigenvalue weighted by Crippen LogP contribution is 2.24. The number of ether oxygens (including phenoxy) is 1. The van der Waals surface area contributed by atoms with E-state index >= 15 is 0 Å². The van der Waals surface area contributed by atoms with E-state index in [1.54, 1.807) is 6.92 Å². The van der Waals surface area contributed by atoms with E-state index in [1.807, 2.05) is 54.6 Å². The molecular formula is C23H31NO3. The molecule has 2 aromatic carbocycles. The lowest BCUT2D eigenvalue weighted by molar-refractivity contribution is -0.124. The van der Waals surface area contributed by atoms with Gasteiger partial charge in [-0.3, -0.25) is 4.79 Å². The molecule has 146 valence electrons. The standard InChI is InChI=1S/C23H31NO3/c1-22(2,3)19-10-12-20(13-11-19)27-16-21(25)24-17-23(4,26)15-14-18-8-6-5-7-9-18/h5-13,26H,14-17H2,1-4H3,(H,24,25). The minimum Gasteiger partial charge on any atom is -0.484 e. The van der Waals surface area contributed by atoms with Crippen molar-refractivity contribution in [2.75, 3.05) is 13.2 Å². The maximum Gasteiger partial charge on any atom is 0.258 e. The van der Waals surface area contributed by atoms with Crippen LogP contribution in [0.2, 0.25) is 0 Å². The van der Waals surface area contributed by atoms with Gasteiger partial charge < -0.3 is 15.2 Å². The molecule has 0 aliphatic rings. The molecule has 1 unspecified atom stereocenters. The second-order valence-electron chi connectivity index (χ2n) is 8.32. The first kappa shape index (κ1) is 21.0. The van der Waals surface area contributed by atoms with Gasteiger partial charge in [-0.15, -0.1) is 0 Å². The van der Waals surface area contributed by atoms with Crippen LogP contribution in [0.3, 0.4) is 0 Å². The van der Waals surface area contributed by atoms with Crippen LogP contribution < -0.4 is 10.1 Å². The SMILES string of the molecule is CC(O)(CCc1ccccc1)CNC(=O)COc1ccc(C(C)(C)C)cc1. The Balaban J connectivity index is 1.73. The summed E-state index contributed by atoms with van der Waals surface area (Å²) in [5.74, 6) is 0.420. The van der Waals surface area contributed by atoms with E-state index < -0.39 is 5.60 Å². The van der Waals surface area contributed by atoms with Gasteiger partial charge in [-0.05, 0) is 48.4 Å². The van der Waals surface area contributed by atoms with Crippen LogP contribution in [0.5, 0.6) is 5.75 Å². The number of benzene rings is 2. The van der Waals surface area contributed by atoms with Crippen LogP contribution in [-0.4, -0.2) is 29.8 Å². The summed E-state index contributed by atoms with van der Waals surface area (Å²) in [4.78, 5) is 12.0. The van der Waals surface area contributed by atoms with Crippen LogP contribution in [0.1, 0.15) is 45.2 Å². The molecule has 2 rings (SSSR count). The molecule has 2 aromatic rings. The van der Waals surface area contributed by atoms with Crippen molar-refractivity contribution in [2.24, 2.45) is 0 Å². The highest BCUT2D eigenvalue weighted by molar-refractivity contribution is 5.77. The Morgan fingerprint density at radius 2 is 1.63 bits per heavy atom. The van der Waals surface area contributed by atoms with Gasteiger partial charge in [0.25, 0.3) is 5.91 Å². The predicted octanol–water partition coefficient (Wildman–Crippen LogP) is 3.86. The number of hydrogen-bond acceptors (Lipinski definition) is 3. The summed E-state index contributed by atoms with van der Waals surface area (Å²) in [5.41, 5.74) is 1.51. The summed E-state index contributed by atoms with van der Waals surface area (Å²) in [7, 11) is 0. The maximum atomic E-state index is 12.0. The molecule has 4 heteroatoms. The summed E-state index contributed by atoms with van der Waals surface area (Å²) in [6.45, 7) is 8.33. The van der Waals surface area contributed by atoms with Crippen molar-refractivity contribution in [1.82, 2.24) is 5.32 Å². The second kappa shape index (κ2) is 9.05. The number of amides is 1. The minimum atomic E-state index is -0.958. The molecule has 0 aliphatic heterocycles. The molecule has 0 radical (unpaired) electrons. The molecular weight excluding hydrogens is 338 g/mol. The molecule has 0 bridgehead atoms. The Morgan fingerprint density at radius 3 is 2.22 bits per heavy atom. The average molecular weight is 370 g/mol. The molecule has 0 heterocycles. The second-order valence-corrected chi connectivity index (χ2v) is 8.32. The third kappa shape index (κ3) is 7.43. The van der Waals surface area contributed by atoms with Gasteiger partial charge in [0.1, 0.15) is 5.75 Å². The fraction of sp³-hybridized carbons (Fsp3) is 0.435. The number of nitrogens with one attached hydrogen (secondary N) is 1. The quantitative estimate of drug-likeness (QED) is 0.743. The summed E-state index contributed by atoms with van der Waals surface area (Å²) < 4.78 is 5.54. The van der Waals surface area contributed by atoms with Crippen molar-refractivity contribution < 1.29 is 14.6 Å². The lowest BCUT2D eigenvalue weighted by atomic mass is 9.87. The van der Waals surface area contributed by atoms with Crippen LogP contribution in [0.25, 0.3) is 0 Å². The minimum absolute atomic E-state index is 0.0658. The lowest BCUT2D eigenvalue weighted by Crippen LogP contribution is -2.42. The molecule has 0 aliphatic carbocycles. The first-order chi connectivity index (χ1) is 12.7. The Hall–Kier alpha value is -2.33. The normalized spacial score (nSPS) is 13.7. The van der Waals surface area contributed by atoms with Crippen molar-refractivity contribution in [1.29, 1.82) is 0 Å². The maximum absolute atomic E-state index is 12.0. The Labute approximate surface area is 162 Å². The van der Waals surface area contributed by atoms with Crippen molar-refractivity contribution in [3.63, 3.8) is 0 Å². The third-order valence-corrected chi connectivity index (χ3v) is 4.55. The Morgan fingerprint density at radius 1 is 1.00 bits per heavy atom. The number of carbonyl (C=O) groups excluding carboxylic acids is 1. The summed E-state index contributed by atoms with van der Waals surface area (Å²) in [6, 6.07) is 17.8. The lowest BCUT2D eigenvalue weighted by Gasteiger charge is -2.23. The van der Waals surface area contributed by atoms with Crippen molar-refractivity contribution in [3.8, 4) is 5.75 Å². The number of carbonyl (C=O) groups is 1. The molecule has 4 nitrogen and oxygen atoms in total. The van der Waals surface area contributed by atoms with Crippen LogP contribution in [0, 0.1) is 0 Å². The van der Waals surface area contributed by atoms with Crippen molar-refractivity contribution in [2.45, 2.75) is 51.6 Å². The smallest absolute Gasteiger partial charge is 0.258 e. The van der Waals surface area contributed by atoms with Crippen LogP contribution in [0.4, 0.5) is 0 Å². The molecule has 0 spiro atoms. The molecule has 0 saturated heterocycles. The van der Waals surface area contributed by atoms with Gasteiger partial charge in [0, 0.05) is 6.54 Å². The fourth-order valence-electron chi connectivity index (χ4n) is 2.69. The van der Waals surface area contributed by atoms with Gasteiger partial charge >= 0.3 is 0 Å². The van der Waals surface area contributed by atoms with E-state index in [9.17, 15) is 9.90 Å².